The van der Waals surface area contributed by atoms with E-state index in [1.807, 2.05) is 0 Å². The zero-order valence-corrected chi connectivity index (χ0v) is 22.1. The van der Waals surface area contributed by atoms with Crippen molar-refractivity contribution in [1.29, 1.82) is 0 Å². The highest BCUT2D eigenvalue weighted by molar-refractivity contribution is 5.94. The van der Waals surface area contributed by atoms with E-state index in [-0.39, 0.29) is 46.3 Å². The van der Waals surface area contributed by atoms with Gasteiger partial charge in [0.2, 0.25) is 5.91 Å². The maximum absolute atomic E-state index is 13.6. The molecule has 2 aromatic heterocycles. The van der Waals surface area contributed by atoms with Crippen molar-refractivity contribution in [2.75, 3.05) is 18.6 Å². The Morgan fingerprint density at radius 2 is 1.98 bits per heavy atom. The minimum Gasteiger partial charge on any atom is -0.498 e. The zero-order chi connectivity index (χ0) is 28.9. The first kappa shape index (κ1) is 26.3. The van der Waals surface area contributed by atoms with Crippen LogP contribution in [0, 0.1) is 6.57 Å². The van der Waals surface area contributed by atoms with Crippen LogP contribution >= 0.6 is 0 Å². The number of benzene rings is 2. The van der Waals surface area contributed by atoms with Gasteiger partial charge < -0.3 is 23.5 Å². The summed E-state index contributed by atoms with van der Waals surface area (Å²) in [5, 5.41) is 4.79. The summed E-state index contributed by atoms with van der Waals surface area (Å²) in [5.74, 6) is 0.448. The van der Waals surface area contributed by atoms with Gasteiger partial charge in [0, 0.05) is 24.2 Å². The van der Waals surface area contributed by atoms with Gasteiger partial charge in [0.25, 0.3) is 5.56 Å². The molecule has 0 radical (unpaired) electrons. The van der Waals surface area contributed by atoms with E-state index in [0.29, 0.717) is 22.8 Å². The summed E-state index contributed by atoms with van der Waals surface area (Å²) in [6.45, 7) is 8.93. The van der Waals surface area contributed by atoms with Crippen molar-refractivity contribution in [2.45, 2.75) is 44.9 Å². The fourth-order valence-electron chi connectivity index (χ4n) is 5.01. The van der Waals surface area contributed by atoms with E-state index in [1.165, 1.54) is 30.2 Å². The highest BCUT2D eigenvalue weighted by Crippen LogP contribution is 2.43. The summed E-state index contributed by atoms with van der Waals surface area (Å²) in [4.78, 5) is 31.9. The van der Waals surface area contributed by atoms with Crippen LogP contribution in [0.2, 0.25) is 0 Å². The van der Waals surface area contributed by atoms with E-state index in [2.05, 4.69) is 19.4 Å². The molecule has 0 atom stereocenters. The molecule has 1 amide bonds. The van der Waals surface area contributed by atoms with Crippen LogP contribution in [0.1, 0.15) is 37.9 Å². The van der Waals surface area contributed by atoms with Crippen molar-refractivity contribution in [3.8, 4) is 28.5 Å². The lowest BCUT2D eigenvalue weighted by atomic mass is 9.83. The maximum atomic E-state index is 13.6. The molecule has 12 heteroatoms. The summed E-state index contributed by atoms with van der Waals surface area (Å²) in [7, 11) is 1.48. The van der Waals surface area contributed by atoms with E-state index in [0.717, 1.165) is 23.9 Å². The number of nitrogens with zero attached hydrogens (tertiary/aromatic N) is 4. The van der Waals surface area contributed by atoms with Gasteiger partial charge in [-0.2, -0.15) is 5.10 Å². The van der Waals surface area contributed by atoms with Gasteiger partial charge in [0.1, 0.15) is 23.7 Å². The molecular weight excluding hydrogens is 538 g/mol. The predicted octanol–water partition coefficient (Wildman–Crippen LogP) is 5.86. The van der Waals surface area contributed by atoms with Crippen LogP contribution in [0.5, 0.6) is 17.2 Å². The first-order valence-electron chi connectivity index (χ1n) is 13.0. The number of carbonyl (C=O) groups excluding carboxylic acids is 1. The maximum Gasteiger partial charge on any atom is 0.586 e. The Morgan fingerprint density at radius 1 is 1.20 bits per heavy atom. The molecule has 2 aromatic carbocycles. The van der Waals surface area contributed by atoms with Gasteiger partial charge in [0.05, 0.1) is 19.1 Å². The normalized spacial score (nSPS) is 15.4. The van der Waals surface area contributed by atoms with Gasteiger partial charge in [-0.05, 0) is 61.7 Å². The Bertz CT molecular complexity index is 1790. The standard InChI is InChI=1S/C29H24F2N4O6/c1-4-34(19-8-9-22-24(13-19)41-29(30,31)40-22)25(36)15-35-28(37)21-14-23(16-6-5-7-16)39-27(21)26(33-35)17-10-18(32-2)12-20(11-17)38-3/h8-14,16H,4-7,15H2,1,3H3. The molecule has 2 aliphatic rings. The van der Waals surface area contributed by atoms with E-state index in [4.69, 9.17) is 15.7 Å². The van der Waals surface area contributed by atoms with Crippen molar-refractivity contribution in [3.05, 3.63) is 70.0 Å². The third kappa shape index (κ3) is 4.73. The predicted molar refractivity (Wildman–Crippen MR) is 144 cm³/mol. The lowest BCUT2D eigenvalue weighted by Gasteiger charge is -2.22. The van der Waals surface area contributed by atoms with Crippen molar-refractivity contribution >= 4 is 28.3 Å². The second kappa shape index (κ2) is 9.92. The van der Waals surface area contributed by atoms with Crippen LogP contribution in [0.15, 0.2) is 51.7 Å². The Balaban J connectivity index is 1.41. The third-order valence-electron chi connectivity index (χ3n) is 7.29. The fraction of sp³-hybridized carbons (Fsp3) is 0.310. The molecule has 10 nitrogen and oxygen atoms in total. The lowest BCUT2D eigenvalue weighted by Crippen LogP contribution is -2.37. The smallest absolute Gasteiger partial charge is 0.498 e. The second-order valence-electron chi connectivity index (χ2n) is 9.80. The molecular formula is C29H24F2N4O6. The molecule has 0 unspecified atom stereocenters. The number of anilines is 1. The van der Waals surface area contributed by atoms with Gasteiger partial charge in [-0.25, -0.2) is 9.53 Å². The van der Waals surface area contributed by atoms with Gasteiger partial charge >= 0.3 is 6.29 Å². The van der Waals surface area contributed by atoms with Crippen molar-refractivity contribution in [3.63, 3.8) is 0 Å². The highest BCUT2D eigenvalue weighted by Gasteiger charge is 2.43. The van der Waals surface area contributed by atoms with Gasteiger partial charge in [-0.15, -0.1) is 8.78 Å². The fourth-order valence-corrected chi connectivity index (χ4v) is 5.01. The number of ether oxygens (including phenoxy) is 3. The van der Waals surface area contributed by atoms with Crippen LogP contribution in [-0.2, 0) is 11.3 Å². The molecule has 1 saturated carbocycles. The van der Waals surface area contributed by atoms with Crippen LogP contribution in [-0.4, -0.2) is 35.6 Å². The molecule has 41 heavy (non-hydrogen) atoms. The van der Waals surface area contributed by atoms with Crippen LogP contribution < -0.4 is 24.7 Å². The number of likely N-dealkylation sites (N-methyl/N-ethyl adjacent to an activating group) is 1. The second-order valence-corrected chi connectivity index (χ2v) is 9.80. The number of amides is 1. The molecule has 0 saturated heterocycles. The van der Waals surface area contributed by atoms with Crippen molar-refractivity contribution < 1.29 is 32.2 Å². The first-order chi connectivity index (χ1) is 19.7. The number of alkyl halides is 2. The number of halogens is 2. The number of hydrogen-bond donors (Lipinski definition) is 0. The number of rotatable bonds is 7. The topological polar surface area (TPSA) is 100 Å². The Hall–Kier alpha value is -4.92. The van der Waals surface area contributed by atoms with Crippen LogP contribution in [0.25, 0.3) is 27.1 Å². The number of carbonyl (C=O) groups is 1. The van der Waals surface area contributed by atoms with E-state index >= 15 is 0 Å². The average molecular weight is 563 g/mol. The third-order valence-corrected chi connectivity index (χ3v) is 7.29. The molecule has 1 fully saturated rings. The Morgan fingerprint density at radius 3 is 2.66 bits per heavy atom. The monoisotopic (exact) mass is 562 g/mol. The molecule has 4 aromatic rings. The van der Waals surface area contributed by atoms with Crippen molar-refractivity contribution in [1.82, 2.24) is 9.78 Å². The van der Waals surface area contributed by atoms with Gasteiger partial charge in [-0.3, -0.25) is 9.59 Å². The minimum absolute atomic E-state index is 0.144. The number of furan rings is 1. The molecule has 6 rings (SSSR count). The summed E-state index contributed by atoms with van der Waals surface area (Å²) in [5.41, 5.74) is 1.13. The highest BCUT2D eigenvalue weighted by atomic mass is 19.3. The molecule has 3 heterocycles. The van der Waals surface area contributed by atoms with Gasteiger partial charge in [0.15, 0.2) is 22.8 Å². The summed E-state index contributed by atoms with van der Waals surface area (Å²) in [6.07, 6.45) is -0.826. The van der Waals surface area contributed by atoms with Crippen LogP contribution in [0.3, 0.4) is 0 Å². The summed E-state index contributed by atoms with van der Waals surface area (Å²) >= 11 is 0. The Labute approximate surface area is 232 Å². The molecule has 210 valence electrons. The zero-order valence-electron chi connectivity index (χ0n) is 22.1. The molecule has 0 spiro atoms. The summed E-state index contributed by atoms with van der Waals surface area (Å²) < 4.78 is 48.6. The SMILES string of the molecule is [C-]#[N+]c1cc(OC)cc(-c2nn(CC(=O)N(CC)c3ccc4c(c3)OC(F)(F)O4)c(=O)c3cc(C4CCC4)oc23)c1. The van der Waals surface area contributed by atoms with Crippen molar-refractivity contribution in [2.24, 2.45) is 0 Å². The molecule has 1 aliphatic heterocycles. The number of methoxy groups -OCH3 is 1. The molecule has 0 N–H and O–H groups in total. The number of hydrogen-bond acceptors (Lipinski definition) is 7. The quantitative estimate of drug-likeness (QED) is 0.260. The molecule has 0 bridgehead atoms. The largest absolute Gasteiger partial charge is 0.586 e. The van der Waals surface area contributed by atoms with E-state index in [9.17, 15) is 18.4 Å². The Kier molecular flexibility index (Phi) is 6.37. The van der Waals surface area contributed by atoms with E-state index < -0.39 is 24.3 Å². The van der Waals surface area contributed by atoms with E-state index in [1.54, 1.807) is 31.2 Å². The summed E-state index contributed by atoms with van der Waals surface area (Å²) in [6, 6.07) is 10.6. The van der Waals surface area contributed by atoms with Gasteiger partial charge in [-0.1, -0.05) is 6.42 Å². The lowest BCUT2D eigenvalue weighted by molar-refractivity contribution is -0.286. The first-order valence-corrected chi connectivity index (χ1v) is 13.0. The van der Waals surface area contributed by atoms with Crippen LogP contribution in [0.4, 0.5) is 20.2 Å². The number of fused-ring (bicyclic) bond motifs is 2. The number of aromatic nitrogens is 2. The molecule has 1 aliphatic carbocycles. The minimum atomic E-state index is -3.79. The average Bonchev–Trinajstić information content (AvgIpc) is 3.48.